The fraction of sp³-hybridized carbons (Fsp3) is 0.567. The molecule has 0 heterocycles. The summed E-state index contributed by atoms with van der Waals surface area (Å²) in [5.41, 5.74) is 0. The van der Waals surface area contributed by atoms with Gasteiger partial charge in [0.05, 0.1) is 27.7 Å². The smallest absolute Gasteiger partial charge is 0.463 e. The summed E-state index contributed by atoms with van der Waals surface area (Å²) in [7, 11) is 1.51. The number of phosphoric ester groups is 1. The Bertz CT molecular complexity index is 854. The molecule has 0 rings (SSSR count). The monoisotopic (exact) mass is 568 g/mol. The molecule has 0 bridgehead atoms. The molecule has 8 nitrogen and oxygen atoms in total. The highest BCUT2D eigenvalue weighted by Gasteiger charge is 2.24. The molecule has 0 saturated carbocycles. The van der Waals surface area contributed by atoms with Crippen LogP contribution in [0.15, 0.2) is 72.9 Å². The van der Waals surface area contributed by atoms with E-state index in [0.717, 1.165) is 38.5 Å². The van der Waals surface area contributed by atoms with E-state index in [2.05, 4.69) is 67.7 Å². The van der Waals surface area contributed by atoms with E-state index < -0.39 is 26.5 Å². The second-order valence-corrected chi connectivity index (χ2v) is 11.4. The number of rotatable bonds is 23. The van der Waals surface area contributed by atoms with Crippen molar-refractivity contribution in [1.29, 1.82) is 0 Å². The standard InChI is InChI=1S/C30H50NO7P/c1-5-6-7-8-9-10-11-12-13-14-15-16-17-18-19-20-21-22-23-24-30(33)36-27-29(32)28-38-39(34,35)37-26-25-31(2,3)4/h6-7,9-10,12-13,15-16,18-19,21-22,29,32H,5,8,11,14,17,20,23-28H2,1-4H3/p+1/b7-6+,10-9+,13-12+,16-15+,19-18+,22-21+. The fourth-order valence-electron chi connectivity index (χ4n) is 2.80. The molecule has 0 fully saturated rings. The average molecular weight is 569 g/mol. The minimum atomic E-state index is -4.26. The lowest BCUT2D eigenvalue weighted by Crippen LogP contribution is -2.37. The molecule has 2 unspecified atom stereocenters. The highest BCUT2D eigenvalue weighted by Crippen LogP contribution is 2.43. The van der Waals surface area contributed by atoms with Gasteiger partial charge in [0, 0.05) is 6.42 Å². The third-order valence-electron chi connectivity index (χ3n) is 4.99. The highest BCUT2D eigenvalue weighted by atomic mass is 31.2. The molecule has 0 aromatic carbocycles. The van der Waals surface area contributed by atoms with Crippen molar-refractivity contribution in [3.8, 4) is 0 Å². The third-order valence-corrected chi connectivity index (χ3v) is 5.98. The molecule has 0 aromatic rings. The maximum atomic E-state index is 11.8. The van der Waals surface area contributed by atoms with E-state index in [9.17, 15) is 19.4 Å². The Labute approximate surface area is 236 Å². The van der Waals surface area contributed by atoms with Crippen LogP contribution in [0.1, 0.15) is 58.3 Å². The number of allylic oxidation sites excluding steroid dienone is 12. The van der Waals surface area contributed by atoms with Crippen molar-refractivity contribution in [2.45, 2.75) is 64.4 Å². The van der Waals surface area contributed by atoms with Gasteiger partial charge in [-0.1, -0.05) is 79.8 Å². The van der Waals surface area contributed by atoms with Crippen LogP contribution in [0.25, 0.3) is 0 Å². The van der Waals surface area contributed by atoms with Crippen molar-refractivity contribution in [2.75, 3.05) is 47.5 Å². The van der Waals surface area contributed by atoms with Crippen molar-refractivity contribution in [3.05, 3.63) is 72.9 Å². The van der Waals surface area contributed by atoms with Gasteiger partial charge in [-0.15, -0.1) is 0 Å². The van der Waals surface area contributed by atoms with Crippen LogP contribution < -0.4 is 0 Å². The molecular formula is C30H51NO7P+. The van der Waals surface area contributed by atoms with Gasteiger partial charge < -0.3 is 19.2 Å². The summed E-state index contributed by atoms with van der Waals surface area (Å²) in [5.74, 6) is -0.458. The van der Waals surface area contributed by atoms with Crippen molar-refractivity contribution >= 4 is 13.8 Å². The predicted molar refractivity (Wildman–Crippen MR) is 159 cm³/mol. The lowest BCUT2D eigenvalue weighted by molar-refractivity contribution is -0.870. The normalized spacial score (nSPS) is 15.5. The number of carbonyl (C=O) groups is 1. The quantitative estimate of drug-likeness (QED) is 0.0654. The van der Waals surface area contributed by atoms with Crippen molar-refractivity contribution < 1.29 is 37.6 Å². The second kappa shape index (κ2) is 23.8. The molecular weight excluding hydrogens is 517 g/mol. The Balaban J connectivity index is 3.80. The number of carbonyl (C=O) groups excluding carboxylic acids is 1. The molecule has 222 valence electrons. The predicted octanol–water partition coefficient (Wildman–Crippen LogP) is 6.21. The number of hydrogen-bond donors (Lipinski definition) is 2. The number of aliphatic hydroxyl groups excluding tert-OH is 1. The number of ether oxygens (including phenoxy) is 1. The zero-order valence-corrected chi connectivity index (χ0v) is 25.2. The summed E-state index contributed by atoms with van der Waals surface area (Å²) in [5, 5.41) is 9.82. The maximum absolute atomic E-state index is 11.8. The molecule has 9 heteroatoms. The average Bonchev–Trinajstić information content (AvgIpc) is 2.86. The van der Waals surface area contributed by atoms with Crippen LogP contribution in [0.5, 0.6) is 0 Å². The van der Waals surface area contributed by atoms with E-state index in [-0.39, 0.29) is 19.6 Å². The van der Waals surface area contributed by atoms with Gasteiger partial charge >= 0.3 is 13.8 Å². The molecule has 0 spiro atoms. The van der Waals surface area contributed by atoms with Crippen molar-refractivity contribution in [3.63, 3.8) is 0 Å². The lowest BCUT2D eigenvalue weighted by atomic mass is 10.2. The molecule has 0 aliphatic carbocycles. The van der Waals surface area contributed by atoms with Gasteiger partial charge in [0.1, 0.15) is 25.9 Å². The van der Waals surface area contributed by atoms with E-state index >= 15 is 0 Å². The Morgan fingerprint density at radius 1 is 0.769 bits per heavy atom. The molecule has 39 heavy (non-hydrogen) atoms. The molecule has 0 amide bonds. The maximum Gasteiger partial charge on any atom is 0.472 e. The van der Waals surface area contributed by atoms with Crippen LogP contribution in [-0.4, -0.2) is 74.1 Å². The first-order valence-corrected chi connectivity index (χ1v) is 15.2. The van der Waals surface area contributed by atoms with Gasteiger partial charge in [0.15, 0.2) is 0 Å². The molecule has 2 atom stereocenters. The van der Waals surface area contributed by atoms with Gasteiger partial charge in [-0.2, -0.15) is 0 Å². The van der Waals surface area contributed by atoms with Gasteiger partial charge in [0.25, 0.3) is 0 Å². The lowest BCUT2D eigenvalue weighted by Gasteiger charge is -2.24. The first-order chi connectivity index (χ1) is 18.6. The fourth-order valence-corrected chi connectivity index (χ4v) is 3.55. The first-order valence-electron chi connectivity index (χ1n) is 13.7. The van der Waals surface area contributed by atoms with Gasteiger partial charge in [-0.05, 0) is 44.9 Å². The van der Waals surface area contributed by atoms with Crippen LogP contribution in [0.4, 0.5) is 0 Å². The number of nitrogens with zero attached hydrogens (tertiary/aromatic N) is 1. The van der Waals surface area contributed by atoms with Gasteiger partial charge in [-0.3, -0.25) is 13.8 Å². The first kappa shape index (κ1) is 36.9. The van der Waals surface area contributed by atoms with Crippen LogP contribution >= 0.6 is 7.82 Å². The SMILES string of the molecule is CC/C=C/C/C=C/C/C=C/C/C=C/C/C=C/C/C=C/CCC(=O)OCC(O)COP(=O)(O)OCC[N+](C)(C)C. The number of phosphoric acid groups is 1. The number of hydrogen-bond acceptors (Lipinski definition) is 6. The number of likely N-dealkylation sites (N-methyl/N-ethyl adjacent to an activating group) is 1. The summed E-state index contributed by atoms with van der Waals surface area (Å²) < 4.78 is 27.0. The number of aliphatic hydroxyl groups is 1. The summed E-state index contributed by atoms with van der Waals surface area (Å²) >= 11 is 0. The minimum absolute atomic E-state index is 0.0386. The molecule has 0 aromatic heterocycles. The number of esters is 1. The summed E-state index contributed by atoms with van der Waals surface area (Å²) in [6, 6.07) is 0. The van der Waals surface area contributed by atoms with Crippen LogP contribution in [0.2, 0.25) is 0 Å². The van der Waals surface area contributed by atoms with Crippen LogP contribution in [-0.2, 0) is 23.1 Å². The van der Waals surface area contributed by atoms with E-state index in [0.29, 0.717) is 17.4 Å². The van der Waals surface area contributed by atoms with Gasteiger partial charge in [0.2, 0.25) is 0 Å². The highest BCUT2D eigenvalue weighted by molar-refractivity contribution is 7.47. The molecule has 0 saturated heterocycles. The van der Waals surface area contributed by atoms with Crippen LogP contribution in [0.3, 0.4) is 0 Å². The molecule has 2 N–H and O–H groups in total. The van der Waals surface area contributed by atoms with E-state index in [4.69, 9.17) is 13.8 Å². The molecule has 0 aliphatic heterocycles. The van der Waals surface area contributed by atoms with E-state index in [1.807, 2.05) is 33.3 Å². The van der Waals surface area contributed by atoms with E-state index in [1.165, 1.54) is 0 Å². The Kier molecular flexibility index (Phi) is 22.5. The van der Waals surface area contributed by atoms with E-state index in [1.54, 1.807) is 0 Å². The zero-order valence-electron chi connectivity index (χ0n) is 24.3. The van der Waals surface area contributed by atoms with Crippen molar-refractivity contribution in [1.82, 2.24) is 0 Å². The summed E-state index contributed by atoms with van der Waals surface area (Å²) in [6.45, 7) is 1.90. The minimum Gasteiger partial charge on any atom is -0.463 e. The Hall–Kier alpha value is -2.06. The number of quaternary nitrogens is 1. The summed E-state index contributed by atoms with van der Waals surface area (Å²) in [4.78, 5) is 21.4. The Morgan fingerprint density at radius 3 is 1.69 bits per heavy atom. The largest absolute Gasteiger partial charge is 0.472 e. The second-order valence-electron chi connectivity index (χ2n) is 9.90. The molecule has 0 aliphatic rings. The third kappa shape index (κ3) is 28.8. The topological polar surface area (TPSA) is 102 Å². The summed E-state index contributed by atoms with van der Waals surface area (Å²) in [6.07, 6.45) is 30.6. The van der Waals surface area contributed by atoms with Gasteiger partial charge in [-0.25, -0.2) is 4.57 Å². The Morgan fingerprint density at radius 2 is 1.23 bits per heavy atom. The zero-order chi connectivity index (χ0) is 29.2. The molecule has 0 radical (unpaired) electrons. The van der Waals surface area contributed by atoms with Crippen LogP contribution in [0, 0.1) is 0 Å². The van der Waals surface area contributed by atoms with Crippen molar-refractivity contribution in [2.24, 2.45) is 0 Å².